The van der Waals surface area contributed by atoms with Crippen molar-refractivity contribution >= 4 is 11.8 Å². The van der Waals surface area contributed by atoms with Gasteiger partial charge in [-0.3, -0.25) is 5.10 Å². The number of nitrogens with zero attached hydrogens (tertiary/aromatic N) is 1. The van der Waals surface area contributed by atoms with Crippen LogP contribution in [0.25, 0.3) is 11.1 Å². The normalized spacial score (nSPS) is 10.5. The number of hydrogen-bond acceptors (Lipinski definition) is 3. The molecule has 0 aliphatic rings. The molecule has 88 valence electrons. The van der Waals surface area contributed by atoms with Crippen LogP contribution in [0.2, 0.25) is 0 Å². The van der Waals surface area contributed by atoms with E-state index in [0.717, 1.165) is 18.3 Å². The highest BCUT2D eigenvalue weighted by Crippen LogP contribution is 2.30. The standard InChI is InChI=1S/C10H7F2N3O2/c11-6-1-4(10(16)17)2-7(12)8(6)5-3-14-15-9(5)13/h1-3H,(H,16,17)(H3,13,14,15). The number of carboxylic acid groups (broad SMARTS) is 1. The second-order valence-electron chi connectivity index (χ2n) is 3.32. The Morgan fingerprint density at radius 1 is 1.35 bits per heavy atom. The van der Waals surface area contributed by atoms with Gasteiger partial charge >= 0.3 is 5.97 Å². The molecule has 0 spiro atoms. The van der Waals surface area contributed by atoms with E-state index in [1.165, 1.54) is 0 Å². The molecule has 0 aliphatic heterocycles. The van der Waals surface area contributed by atoms with Crippen LogP contribution in [0, 0.1) is 11.6 Å². The van der Waals surface area contributed by atoms with E-state index in [2.05, 4.69) is 10.2 Å². The fraction of sp³-hybridized carbons (Fsp3) is 0. The van der Waals surface area contributed by atoms with Gasteiger partial charge in [0, 0.05) is 5.56 Å². The van der Waals surface area contributed by atoms with E-state index in [1.807, 2.05) is 0 Å². The molecule has 0 fully saturated rings. The van der Waals surface area contributed by atoms with Crippen molar-refractivity contribution in [3.8, 4) is 11.1 Å². The predicted octanol–water partition coefficient (Wildman–Crippen LogP) is 1.64. The predicted molar refractivity (Wildman–Crippen MR) is 55.3 cm³/mol. The number of aromatic amines is 1. The number of nitrogen functional groups attached to an aromatic ring is 1. The number of benzene rings is 1. The molecule has 0 saturated heterocycles. The van der Waals surface area contributed by atoms with E-state index >= 15 is 0 Å². The molecule has 0 amide bonds. The smallest absolute Gasteiger partial charge is 0.335 e. The molecule has 0 atom stereocenters. The highest BCUT2D eigenvalue weighted by atomic mass is 19.1. The number of nitrogens with two attached hydrogens (primary N) is 1. The summed E-state index contributed by atoms with van der Waals surface area (Å²) in [5.41, 5.74) is 4.62. The molecular weight excluding hydrogens is 232 g/mol. The fourth-order valence-electron chi connectivity index (χ4n) is 1.45. The lowest BCUT2D eigenvalue weighted by Crippen LogP contribution is -2.01. The molecule has 1 heterocycles. The molecule has 0 saturated carbocycles. The van der Waals surface area contributed by atoms with Crippen molar-refractivity contribution in [2.45, 2.75) is 0 Å². The van der Waals surface area contributed by atoms with Crippen molar-refractivity contribution in [2.24, 2.45) is 0 Å². The Balaban J connectivity index is 2.65. The van der Waals surface area contributed by atoms with Crippen molar-refractivity contribution in [2.75, 3.05) is 5.73 Å². The fourth-order valence-corrected chi connectivity index (χ4v) is 1.45. The van der Waals surface area contributed by atoms with Gasteiger partial charge in [-0.2, -0.15) is 5.10 Å². The van der Waals surface area contributed by atoms with Crippen molar-refractivity contribution < 1.29 is 18.7 Å². The van der Waals surface area contributed by atoms with Gasteiger partial charge in [-0.15, -0.1) is 0 Å². The maximum atomic E-state index is 13.6. The third kappa shape index (κ3) is 1.82. The Morgan fingerprint density at radius 3 is 2.35 bits per heavy atom. The first-order valence-electron chi connectivity index (χ1n) is 4.52. The van der Waals surface area contributed by atoms with Crippen molar-refractivity contribution in [3.63, 3.8) is 0 Å². The van der Waals surface area contributed by atoms with Crippen LogP contribution < -0.4 is 5.73 Å². The van der Waals surface area contributed by atoms with Crippen LogP contribution in [0.3, 0.4) is 0 Å². The van der Waals surface area contributed by atoms with Crippen molar-refractivity contribution in [1.29, 1.82) is 0 Å². The highest BCUT2D eigenvalue weighted by Gasteiger charge is 2.18. The number of hydrogen-bond donors (Lipinski definition) is 3. The highest BCUT2D eigenvalue weighted by molar-refractivity contribution is 5.89. The van der Waals surface area contributed by atoms with Crippen molar-refractivity contribution in [1.82, 2.24) is 10.2 Å². The number of aromatic nitrogens is 2. The number of anilines is 1. The molecule has 5 nitrogen and oxygen atoms in total. The summed E-state index contributed by atoms with van der Waals surface area (Å²) >= 11 is 0. The summed E-state index contributed by atoms with van der Waals surface area (Å²) in [7, 11) is 0. The zero-order valence-corrected chi connectivity index (χ0v) is 8.37. The summed E-state index contributed by atoms with van der Waals surface area (Å²) < 4.78 is 27.2. The quantitative estimate of drug-likeness (QED) is 0.742. The third-order valence-corrected chi connectivity index (χ3v) is 2.23. The van der Waals surface area contributed by atoms with Crippen LogP contribution in [0.5, 0.6) is 0 Å². The molecule has 1 aromatic heterocycles. The number of rotatable bonds is 2. The average Bonchev–Trinajstić information content (AvgIpc) is 2.64. The van der Waals surface area contributed by atoms with Gasteiger partial charge in [0.2, 0.25) is 0 Å². The number of carboxylic acids is 1. The molecule has 2 aromatic rings. The minimum Gasteiger partial charge on any atom is -0.478 e. The van der Waals surface area contributed by atoms with E-state index in [4.69, 9.17) is 10.8 Å². The first-order chi connectivity index (χ1) is 8.00. The van der Waals surface area contributed by atoms with E-state index in [1.54, 1.807) is 0 Å². The largest absolute Gasteiger partial charge is 0.478 e. The number of nitrogens with one attached hydrogen (secondary N) is 1. The van der Waals surface area contributed by atoms with E-state index in [-0.39, 0.29) is 11.4 Å². The van der Waals surface area contributed by atoms with Crippen LogP contribution >= 0.6 is 0 Å². The molecule has 0 bridgehead atoms. The lowest BCUT2D eigenvalue weighted by Gasteiger charge is -2.05. The van der Waals surface area contributed by atoms with Gasteiger partial charge < -0.3 is 10.8 Å². The average molecular weight is 239 g/mol. The minimum absolute atomic E-state index is 0.00544. The zero-order chi connectivity index (χ0) is 12.6. The zero-order valence-electron chi connectivity index (χ0n) is 8.37. The summed E-state index contributed by atoms with van der Waals surface area (Å²) in [6.07, 6.45) is 1.16. The first kappa shape index (κ1) is 11.1. The van der Waals surface area contributed by atoms with E-state index < -0.39 is 28.7 Å². The van der Waals surface area contributed by atoms with Crippen LogP contribution in [0.1, 0.15) is 10.4 Å². The Morgan fingerprint density at radius 2 is 1.94 bits per heavy atom. The van der Waals surface area contributed by atoms with E-state index in [9.17, 15) is 13.6 Å². The van der Waals surface area contributed by atoms with Crippen LogP contribution in [0.15, 0.2) is 18.3 Å². The molecule has 0 radical (unpaired) electrons. The van der Waals surface area contributed by atoms with Gasteiger partial charge in [-0.05, 0) is 12.1 Å². The van der Waals surface area contributed by atoms with Crippen molar-refractivity contribution in [3.05, 3.63) is 35.5 Å². The summed E-state index contributed by atoms with van der Waals surface area (Å²) in [5.74, 6) is -3.41. The SMILES string of the molecule is Nc1[nH]ncc1-c1c(F)cc(C(=O)O)cc1F. The molecule has 2 rings (SSSR count). The minimum atomic E-state index is -1.41. The second-order valence-corrected chi connectivity index (χ2v) is 3.32. The number of H-pyrrole nitrogens is 1. The maximum absolute atomic E-state index is 13.6. The van der Waals surface area contributed by atoms with Gasteiger partial charge in [0.15, 0.2) is 0 Å². The van der Waals surface area contributed by atoms with Gasteiger partial charge in [-0.25, -0.2) is 13.6 Å². The molecule has 0 aliphatic carbocycles. The maximum Gasteiger partial charge on any atom is 0.335 e. The lowest BCUT2D eigenvalue weighted by atomic mass is 10.0. The van der Waals surface area contributed by atoms with Crippen LogP contribution in [-0.4, -0.2) is 21.3 Å². The summed E-state index contributed by atoms with van der Waals surface area (Å²) in [6.45, 7) is 0. The first-order valence-corrected chi connectivity index (χ1v) is 4.52. The number of halogens is 2. The number of carbonyl (C=O) groups is 1. The van der Waals surface area contributed by atoms with Gasteiger partial charge in [0.05, 0.1) is 17.3 Å². The Kier molecular flexibility index (Phi) is 2.51. The van der Waals surface area contributed by atoms with Crippen LogP contribution in [-0.2, 0) is 0 Å². The molecule has 0 unspecified atom stereocenters. The molecule has 1 aromatic carbocycles. The Labute approximate surface area is 93.9 Å². The molecule has 17 heavy (non-hydrogen) atoms. The summed E-state index contributed by atoms with van der Waals surface area (Å²) in [6, 6.07) is 1.46. The Hall–Kier alpha value is -2.44. The van der Waals surface area contributed by atoms with Gasteiger partial charge in [0.1, 0.15) is 17.5 Å². The topological polar surface area (TPSA) is 92.0 Å². The monoisotopic (exact) mass is 239 g/mol. The summed E-state index contributed by atoms with van der Waals surface area (Å²) in [4.78, 5) is 10.6. The van der Waals surface area contributed by atoms with Gasteiger partial charge in [0.25, 0.3) is 0 Å². The summed E-state index contributed by atoms with van der Waals surface area (Å²) in [5, 5.41) is 14.5. The Bertz CT molecular complexity index is 572. The molecule has 7 heteroatoms. The third-order valence-electron chi connectivity index (χ3n) is 2.23. The molecule has 4 N–H and O–H groups in total. The second kappa shape index (κ2) is 3.85. The number of aromatic carboxylic acids is 1. The van der Waals surface area contributed by atoms with E-state index in [0.29, 0.717) is 0 Å². The lowest BCUT2D eigenvalue weighted by molar-refractivity contribution is 0.0696. The molecular formula is C10H7F2N3O2. The van der Waals surface area contributed by atoms with Gasteiger partial charge in [-0.1, -0.05) is 0 Å². The van der Waals surface area contributed by atoms with Crippen LogP contribution in [0.4, 0.5) is 14.6 Å².